The van der Waals surface area contributed by atoms with Crippen molar-refractivity contribution in [2.75, 3.05) is 12.4 Å². The van der Waals surface area contributed by atoms with Crippen molar-refractivity contribution in [1.29, 1.82) is 0 Å². The zero-order valence-electron chi connectivity index (χ0n) is 12.1. The first-order valence-corrected chi connectivity index (χ1v) is 7.60. The topological polar surface area (TPSA) is 60.4 Å². The van der Waals surface area contributed by atoms with Gasteiger partial charge in [-0.05, 0) is 26.7 Å². The smallest absolute Gasteiger partial charge is 0.319 e. The molecule has 0 aliphatic rings. The van der Waals surface area contributed by atoms with Gasteiger partial charge in [0.25, 0.3) is 0 Å². The molecule has 0 aromatic heterocycles. The van der Waals surface area contributed by atoms with Crippen molar-refractivity contribution >= 4 is 22.6 Å². The van der Waals surface area contributed by atoms with Crippen molar-refractivity contribution in [2.45, 2.75) is 46.8 Å². The minimum atomic E-state index is -1.25. The molecule has 0 fully saturated rings. The molecule has 2 atom stereocenters. The normalized spacial score (nSPS) is 15.3. The lowest BCUT2D eigenvalue weighted by Crippen LogP contribution is -2.39. The number of hydrogen-bond acceptors (Lipinski definition) is 4. The highest BCUT2D eigenvalue weighted by Gasteiger charge is 2.38. The Kier molecular flexibility index (Phi) is 6.74. The van der Waals surface area contributed by atoms with Gasteiger partial charge in [-0.25, -0.2) is 0 Å². The maximum Gasteiger partial charge on any atom is 0.319 e. The van der Waals surface area contributed by atoms with Crippen LogP contribution in [0, 0.1) is 11.3 Å². The van der Waals surface area contributed by atoms with Crippen LogP contribution in [-0.4, -0.2) is 33.6 Å². The Labute approximate surface area is 112 Å². The van der Waals surface area contributed by atoms with Crippen LogP contribution in [0.5, 0.6) is 0 Å². The predicted molar refractivity (Wildman–Crippen MR) is 72.7 cm³/mol. The Morgan fingerprint density at radius 3 is 2.11 bits per heavy atom. The van der Waals surface area contributed by atoms with Gasteiger partial charge in [0.15, 0.2) is 5.78 Å². The average molecular weight is 276 g/mol. The van der Waals surface area contributed by atoms with E-state index in [9.17, 15) is 13.8 Å². The van der Waals surface area contributed by atoms with Gasteiger partial charge in [0.2, 0.25) is 0 Å². The molecular weight excluding hydrogens is 252 g/mol. The number of carbonyl (C=O) groups excluding carboxylic acids is 2. The maximum atomic E-state index is 12.0. The summed E-state index contributed by atoms with van der Waals surface area (Å²) in [6, 6.07) is 0. The summed E-state index contributed by atoms with van der Waals surface area (Å²) in [5, 5.41) is -0.0630. The first kappa shape index (κ1) is 17.3. The monoisotopic (exact) mass is 276 g/mol. The van der Waals surface area contributed by atoms with E-state index in [2.05, 4.69) is 0 Å². The fourth-order valence-corrected chi connectivity index (χ4v) is 2.66. The molecule has 5 heteroatoms. The van der Waals surface area contributed by atoms with Gasteiger partial charge in [-0.2, -0.15) is 0 Å². The molecule has 18 heavy (non-hydrogen) atoms. The van der Waals surface area contributed by atoms with E-state index in [-0.39, 0.29) is 29.3 Å². The minimum absolute atomic E-state index is 0.0630. The van der Waals surface area contributed by atoms with Crippen molar-refractivity contribution in [3.63, 3.8) is 0 Å². The number of ketones is 1. The highest BCUT2D eigenvalue weighted by molar-refractivity contribution is 7.86. The summed E-state index contributed by atoms with van der Waals surface area (Å²) in [4.78, 5) is 23.7. The fraction of sp³-hybridized carbons (Fsp3) is 0.846. The summed E-state index contributed by atoms with van der Waals surface area (Å²) >= 11 is 0. The van der Waals surface area contributed by atoms with Gasteiger partial charge in [-0.15, -0.1) is 0 Å². The molecule has 4 nitrogen and oxygen atoms in total. The molecule has 0 N–H and O–H groups in total. The first-order valence-electron chi connectivity index (χ1n) is 6.22. The average Bonchev–Trinajstić information content (AvgIpc) is 2.27. The van der Waals surface area contributed by atoms with Crippen molar-refractivity contribution < 1.29 is 18.5 Å². The second-order valence-electron chi connectivity index (χ2n) is 5.24. The van der Waals surface area contributed by atoms with Crippen LogP contribution >= 0.6 is 0 Å². The van der Waals surface area contributed by atoms with Gasteiger partial charge >= 0.3 is 5.97 Å². The third kappa shape index (κ3) is 4.52. The lowest BCUT2D eigenvalue weighted by Gasteiger charge is -2.22. The van der Waals surface area contributed by atoms with Crippen LogP contribution in [0.3, 0.4) is 0 Å². The highest BCUT2D eigenvalue weighted by atomic mass is 32.2. The van der Waals surface area contributed by atoms with Gasteiger partial charge in [0.1, 0.15) is 5.41 Å². The van der Waals surface area contributed by atoms with Crippen LogP contribution in [0.2, 0.25) is 0 Å². The number of rotatable bonds is 7. The molecule has 0 heterocycles. The fourth-order valence-electron chi connectivity index (χ4n) is 1.17. The lowest BCUT2D eigenvalue weighted by molar-refractivity contribution is -0.157. The molecule has 0 saturated heterocycles. The first-order chi connectivity index (χ1) is 8.14. The van der Waals surface area contributed by atoms with Gasteiger partial charge in [-0.1, -0.05) is 20.8 Å². The lowest BCUT2D eigenvalue weighted by atomic mass is 9.89. The second kappa shape index (κ2) is 7.02. The summed E-state index contributed by atoms with van der Waals surface area (Å²) in [5.41, 5.74) is -1.22. The molecule has 0 aromatic carbocycles. The largest absolute Gasteiger partial charge is 0.465 e. The van der Waals surface area contributed by atoms with Gasteiger partial charge in [0.05, 0.1) is 12.4 Å². The molecule has 106 valence electrons. The molecule has 0 radical (unpaired) electrons. The second-order valence-corrected chi connectivity index (χ2v) is 7.04. The Hall–Kier alpha value is -0.710. The maximum absolute atomic E-state index is 12.0. The van der Waals surface area contributed by atoms with Gasteiger partial charge < -0.3 is 4.74 Å². The Morgan fingerprint density at radius 1 is 1.22 bits per heavy atom. The van der Waals surface area contributed by atoms with Crippen molar-refractivity contribution in [3.05, 3.63) is 0 Å². The van der Waals surface area contributed by atoms with Crippen LogP contribution < -0.4 is 0 Å². The predicted octanol–water partition coefficient (Wildman–Crippen LogP) is 1.94. The van der Waals surface area contributed by atoms with E-state index in [1.54, 1.807) is 6.92 Å². The van der Waals surface area contributed by atoms with E-state index in [0.29, 0.717) is 0 Å². The quantitative estimate of drug-likeness (QED) is 0.526. The SMILES string of the molecule is CCOC(=O)C(C)(C)C(=O)CS(=O)C(C)C(C)C. The summed E-state index contributed by atoms with van der Waals surface area (Å²) < 4.78 is 16.8. The van der Waals surface area contributed by atoms with Crippen LogP contribution in [0.4, 0.5) is 0 Å². The van der Waals surface area contributed by atoms with Crippen LogP contribution in [-0.2, 0) is 25.1 Å². The van der Waals surface area contributed by atoms with Crippen LogP contribution in [0.25, 0.3) is 0 Å². The molecule has 0 aromatic rings. The van der Waals surface area contributed by atoms with E-state index >= 15 is 0 Å². The zero-order chi connectivity index (χ0) is 14.5. The van der Waals surface area contributed by atoms with Crippen molar-refractivity contribution in [3.8, 4) is 0 Å². The molecule has 0 rings (SSSR count). The third-order valence-corrected chi connectivity index (χ3v) is 5.03. The minimum Gasteiger partial charge on any atom is -0.465 e. The van der Waals surface area contributed by atoms with Crippen molar-refractivity contribution in [1.82, 2.24) is 0 Å². The number of hydrogen-bond donors (Lipinski definition) is 0. The Bertz CT molecular complexity index is 334. The van der Waals surface area contributed by atoms with Crippen LogP contribution in [0.15, 0.2) is 0 Å². The molecule has 0 bridgehead atoms. The summed E-state index contributed by atoms with van der Waals surface area (Å²) in [7, 11) is -1.25. The molecule has 0 saturated carbocycles. The summed E-state index contributed by atoms with van der Waals surface area (Å²) in [5.74, 6) is -0.731. The number of ether oxygens (including phenoxy) is 1. The third-order valence-electron chi connectivity index (χ3n) is 3.11. The molecular formula is C13H24O4S. The van der Waals surface area contributed by atoms with E-state index in [1.807, 2.05) is 20.8 Å². The summed E-state index contributed by atoms with van der Waals surface area (Å²) in [6.07, 6.45) is 0. The van der Waals surface area contributed by atoms with Gasteiger partial charge in [-0.3, -0.25) is 13.8 Å². The summed E-state index contributed by atoms with van der Waals surface area (Å²) in [6.45, 7) is 10.7. The number of Topliss-reactive ketones (excluding diaryl/α,β-unsaturated/α-hetero) is 1. The van der Waals surface area contributed by atoms with E-state index in [4.69, 9.17) is 4.74 Å². The number of carbonyl (C=O) groups is 2. The van der Waals surface area contributed by atoms with Crippen molar-refractivity contribution in [2.24, 2.45) is 11.3 Å². The van der Waals surface area contributed by atoms with Gasteiger partial charge in [0, 0.05) is 16.0 Å². The molecule has 2 unspecified atom stereocenters. The number of esters is 1. The standard InChI is InChI=1S/C13H24O4S/c1-7-17-12(15)13(5,6)11(14)8-18(16)10(4)9(2)3/h9-10H,7-8H2,1-6H3. The van der Waals surface area contributed by atoms with E-state index < -0.39 is 22.2 Å². The highest BCUT2D eigenvalue weighted by Crippen LogP contribution is 2.21. The van der Waals surface area contributed by atoms with E-state index in [1.165, 1.54) is 13.8 Å². The van der Waals surface area contributed by atoms with Crippen LogP contribution in [0.1, 0.15) is 41.5 Å². The molecule has 0 amide bonds. The molecule has 0 aliphatic carbocycles. The zero-order valence-corrected chi connectivity index (χ0v) is 12.9. The Morgan fingerprint density at radius 2 is 1.72 bits per heavy atom. The Balaban J connectivity index is 4.67. The molecule has 0 aliphatic heterocycles. The molecule has 0 spiro atoms. The van der Waals surface area contributed by atoms with E-state index in [0.717, 1.165) is 0 Å².